The normalized spacial score (nSPS) is 29.1. The molecule has 2 fully saturated rings. The predicted molar refractivity (Wildman–Crippen MR) is 74.5 cm³/mol. The summed E-state index contributed by atoms with van der Waals surface area (Å²) in [4.78, 5) is 13.9. The highest BCUT2D eigenvalue weighted by Crippen LogP contribution is 2.33. The van der Waals surface area contributed by atoms with Crippen LogP contribution in [0.25, 0.3) is 0 Å². The van der Waals surface area contributed by atoms with E-state index in [2.05, 4.69) is 20.4 Å². The largest absolute Gasteiger partial charge is 0.363 e. The van der Waals surface area contributed by atoms with Crippen molar-refractivity contribution in [3.63, 3.8) is 0 Å². The highest BCUT2D eigenvalue weighted by molar-refractivity contribution is 5.80. The van der Waals surface area contributed by atoms with Gasteiger partial charge in [0.05, 0.1) is 17.8 Å². The molecule has 3 heterocycles. The minimum Gasteiger partial charge on any atom is -0.363 e. The Morgan fingerprint density at radius 2 is 2.20 bits per heavy atom. The summed E-state index contributed by atoms with van der Waals surface area (Å²) in [5.41, 5.74) is 0.920. The van der Waals surface area contributed by atoms with Crippen LogP contribution >= 0.6 is 0 Å². The SMILES string of the molecule is CNC(=O)[C@H]1CC[C@H]2[C@H](CCN2c2ccc(C)nn2)O1. The van der Waals surface area contributed by atoms with Crippen LogP contribution in [0.5, 0.6) is 0 Å². The van der Waals surface area contributed by atoms with Gasteiger partial charge in [0.25, 0.3) is 0 Å². The van der Waals surface area contributed by atoms with E-state index >= 15 is 0 Å². The minimum atomic E-state index is -0.301. The summed E-state index contributed by atoms with van der Waals surface area (Å²) in [7, 11) is 1.65. The molecule has 0 unspecified atom stereocenters. The van der Waals surface area contributed by atoms with Crippen molar-refractivity contribution in [1.82, 2.24) is 15.5 Å². The molecule has 1 aromatic rings. The summed E-state index contributed by atoms with van der Waals surface area (Å²) in [6.07, 6.45) is 2.47. The fourth-order valence-electron chi connectivity index (χ4n) is 3.11. The molecule has 0 aliphatic carbocycles. The molecule has 0 spiro atoms. The zero-order chi connectivity index (χ0) is 14.1. The highest BCUT2D eigenvalue weighted by Gasteiger charge is 2.42. The van der Waals surface area contributed by atoms with Gasteiger partial charge in [0, 0.05) is 13.6 Å². The number of carbonyl (C=O) groups is 1. The molecule has 1 amide bonds. The van der Waals surface area contributed by atoms with Crippen molar-refractivity contribution in [2.75, 3.05) is 18.5 Å². The van der Waals surface area contributed by atoms with Crippen LogP contribution < -0.4 is 10.2 Å². The van der Waals surface area contributed by atoms with Gasteiger partial charge in [-0.05, 0) is 38.3 Å². The molecule has 1 N–H and O–H groups in total. The lowest BCUT2D eigenvalue weighted by Crippen LogP contribution is -2.47. The molecular formula is C14H20N4O2. The summed E-state index contributed by atoms with van der Waals surface area (Å²) in [6.45, 7) is 2.84. The fourth-order valence-corrected chi connectivity index (χ4v) is 3.11. The van der Waals surface area contributed by atoms with Crippen LogP contribution in [0, 0.1) is 6.92 Å². The third kappa shape index (κ3) is 2.35. The van der Waals surface area contributed by atoms with E-state index in [9.17, 15) is 4.79 Å². The van der Waals surface area contributed by atoms with E-state index in [1.807, 2.05) is 19.1 Å². The first-order valence-electron chi connectivity index (χ1n) is 7.13. The van der Waals surface area contributed by atoms with E-state index in [4.69, 9.17) is 4.74 Å². The molecule has 1 aromatic heterocycles. The number of nitrogens with zero attached hydrogens (tertiary/aromatic N) is 3. The summed E-state index contributed by atoms with van der Waals surface area (Å²) in [5.74, 6) is 0.891. The van der Waals surface area contributed by atoms with E-state index in [-0.39, 0.29) is 18.1 Å². The van der Waals surface area contributed by atoms with Gasteiger partial charge in [-0.3, -0.25) is 4.79 Å². The lowest BCUT2D eigenvalue weighted by atomic mass is 9.98. The summed E-state index contributed by atoms with van der Waals surface area (Å²) in [6, 6.07) is 4.30. The average Bonchev–Trinajstić information content (AvgIpc) is 2.90. The Morgan fingerprint density at radius 1 is 1.35 bits per heavy atom. The van der Waals surface area contributed by atoms with E-state index < -0.39 is 0 Å². The maximum absolute atomic E-state index is 11.7. The van der Waals surface area contributed by atoms with E-state index in [1.165, 1.54) is 0 Å². The van der Waals surface area contributed by atoms with Crippen LogP contribution in [-0.4, -0.2) is 47.9 Å². The summed E-state index contributed by atoms with van der Waals surface area (Å²) in [5, 5.41) is 11.0. The number of ether oxygens (including phenoxy) is 1. The molecule has 108 valence electrons. The number of likely N-dealkylation sites (N-methyl/N-ethyl adjacent to an activating group) is 1. The van der Waals surface area contributed by atoms with Gasteiger partial charge in [-0.2, -0.15) is 5.10 Å². The molecule has 0 saturated carbocycles. The van der Waals surface area contributed by atoms with Crippen LogP contribution in [0.2, 0.25) is 0 Å². The molecule has 0 radical (unpaired) electrons. The Morgan fingerprint density at radius 3 is 2.90 bits per heavy atom. The zero-order valence-corrected chi connectivity index (χ0v) is 11.9. The molecule has 0 aromatic carbocycles. The Balaban J connectivity index is 1.71. The van der Waals surface area contributed by atoms with Crippen LogP contribution in [0.3, 0.4) is 0 Å². The molecule has 2 saturated heterocycles. The molecule has 3 rings (SSSR count). The van der Waals surface area contributed by atoms with Gasteiger partial charge in [0.2, 0.25) is 5.91 Å². The number of rotatable bonds is 2. The zero-order valence-electron chi connectivity index (χ0n) is 11.9. The van der Waals surface area contributed by atoms with Gasteiger partial charge in [-0.25, -0.2) is 0 Å². The highest BCUT2D eigenvalue weighted by atomic mass is 16.5. The smallest absolute Gasteiger partial charge is 0.248 e. The van der Waals surface area contributed by atoms with Gasteiger partial charge < -0.3 is 15.0 Å². The number of aromatic nitrogens is 2. The molecule has 2 aliphatic rings. The van der Waals surface area contributed by atoms with Crippen molar-refractivity contribution < 1.29 is 9.53 Å². The molecule has 20 heavy (non-hydrogen) atoms. The lowest BCUT2D eigenvalue weighted by molar-refractivity contribution is -0.141. The third-order valence-electron chi connectivity index (χ3n) is 4.16. The van der Waals surface area contributed by atoms with Crippen LogP contribution in [-0.2, 0) is 9.53 Å². The van der Waals surface area contributed by atoms with Crippen molar-refractivity contribution in [2.24, 2.45) is 0 Å². The van der Waals surface area contributed by atoms with Crippen molar-refractivity contribution in [3.05, 3.63) is 17.8 Å². The third-order valence-corrected chi connectivity index (χ3v) is 4.16. The van der Waals surface area contributed by atoms with Crippen molar-refractivity contribution in [2.45, 2.75) is 44.4 Å². The number of aryl methyl sites for hydroxylation is 1. The number of anilines is 1. The van der Waals surface area contributed by atoms with Crippen LogP contribution in [0.1, 0.15) is 25.0 Å². The number of fused-ring (bicyclic) bond motifs is 1. The molecule has 6 nitrogen and oxygen atoms in total. The summed E-state index contributed by atoms with van der Waals surface area (Å²) >= 11 is 0. The quantitative estimate of drug-likeness (QED) is 0.859. The lowest BCUT2D eigenvalue weighted by Gasteiger charge is -2.35. The van der Waals surface area contributed by atoms with Gasteiger partial charge in [-0.15, -0.1) is 5.10 Å². The van der Waals surface area contributed by atoms with E-state index in [0.717, 1.165) is 37.3 Å². The second-order valence-corrected chi connectivity index (χ2v) is 5.44. The maximum atomic E-state index is 11.7. The van der Waals surface area contributed by atoms with Gasteiger partial charge >= 0.3 is 0 Å². The Kier molecular flexibility index (Phi) is 3.56. The van der Waals surface area contributed by atoms with Crippen LogP contribution in [0.4, 0.5) is 5.82 Å². The predicted octanol–water partition coefficient (Wildman–Crippen LogP) is 0.657. The fraction of sp³-hybridized carbons (Fsp3) is 0.643. The van der Waals surface area contributed by atoms with Gasteiger partial charge in [-0.1, -0.05) is 0 Å². The minimum absolute atomic E-state index is 0.0166. The first kappa shape index (κ1) is 13.3. The number of carbonyl (C=O) groups excluding carboxylic acids is 1. The second-order valence-electron chi connectivity index (χ2n) is 5.44. The van der Waals surface area contributed by atoms with Crippen LogP contribution in [0.15, 0.2) is 12.1 Å². The molecule has 3 atom stereocenters. The standard InChI is InChI=1S/C14H20N4O2/c1-9-3-6-13(17-16-9)18-8-7-11-10(18)4-5-12(20-11)14(19)15-2/h3,6,10-12H,4-5,7-8H2,1-2H3,(H,15,19)/t10-,11-,12+/m0/s1. The Hall–Kier alpha value is -1.69. The molecule has 0 bridgehead atoms. The van der Waals surface area contributed by atoms with Crippen molar-refractivity contribution in [3.8, 4) is 0 Å². The molecule has 6 heteroatoms. The van der Waals surface area contributed by atoms with E-state index in [1.54, 1.807) is 7.05 Å². The maximum Gasteiger partial charge on any atom is 0.248 e. The number of hydrogen-bond donors (Lipinski definition) is 1. The number of amides is 1. The van der Waals surface area contributed by atoms with Crippen molar-refractivity contribution >= 4 is 11.7 Å². The number of hydrogen-bond acceptors (Lipinski definition) is 5. The Labute approximate surface area is 118 Å². The molecular weight excluding hydrogens is 256 g/mol. The monoisotopic (exact) mass is 276 g/mol. The van der Waals surface area contributed by atoms with Gasteiger partial charge in [0.1, 0.15) is 6.10 Å². The van der Waals surface area contributed by atoms with E-state index in [0.29, 0.717) is 6.04 Å². The summed E-state index contributed by atoms with van der Waals surface area (Å²) < 4.78 is 5.94. The second kappa shape index (κ2) is 5.36. The number of nitrogens with one attached hydrogen (secondary N) is 1. The average molecular weight is 276 g/mol. The first-order valence-corrected chi connectivity index (χ1v) is 7.13. The van der Waals surface area contributed by atoms with Gasteiger partial charge in [0.15, 0.2) is 5.82 Å². The topological polar surface area (TPSA) is 67.4 Å². The Bertz CT molecular complexity index is 490. The van der Waals surface area contributed by atoms with Crippen molar-refractivity contribution in [1.29, 1.82) is 0 Å². The molecule has 2 aliphatic heterocycles. The first-order chi connectivity index (χ1) is 9.69.